The van der Waals surface area contributed by atoms with Gasteiger partial charge in [0, 0.05) is 37.4 Å². The molecular weight excluding hydrogens is 382 g/mol. The number of amides is 1. The van der Waals surface area contributed by atoms with E-state index in [1.807, 2.05) is 23.1 Å². The molecule has 1 fully saturated rings. The van der Waals surface area contributed by atoms with Gasteiger partial charge in [0.05, 0.1) is 14.2 Å². The Morgan fingerprint density at radius 1 is 1.07 bits per heavy atom. The van der Waals surface area contributed by atoms with Crippen molar-refractivity contribution in [3.63, 3.8) is 0 Å². The van der Waals surface area contributed by atoms with Crippen molar-refractivity contribution in [1.29, 1.82) is 0 Å². The zero-order valence-electron chi connectivity index (χ0n) is 15.8. The van der Waals surface area contributed by atoms with Crippen molar-refractivity contribution in [2.45, 2.75) is 6.04 Å². The Morgan fingerprint density at radius 2 is 1.79 bits per heavy atom. The monoisotopic (exact) mass is 403 g/mol. The minimum Gasteiger partial charge on any atom is -0.480 e. The maximum Gasteiger partial charge on any atom is 0.327 e. The second-order valence-corrected chi connectivity index (χ2v) is 6.74. The van der Waals surface area contributed by atoms with Gasteiger partial charge in [0.15, 0.2) is 0 Å². The van der Waals surface area contributed by atoms with Crippen LogP contribution in [0.25, 0.3) is 0 Å². The summed E-state index contributed by atoms with van der Waals surface area (Å²) in [7, 11) is 2.85. The highest BCUT2D eigenvalue weighted by molar-refractivity contribution is 6.31. The highest BCUT2D eigenvalue weighted by Gasteiger charge is 2.34. The van der Waals surface area contributed by atoms with Crippen molar-refractivity contribution < 1.29 is 19.1 Å². The molecule has 1 aromatic heterocycles. The number of hydrogen-bond acceptors (Lipinski definition) is 6. The number of rotatable bonds is 5. The van der Waals surface area contributed by atoms with E-state index in [4.69, 9.17) is 21.1 Å². The number of hydrogen-bond donors (Lipinski definition) is 0. The Balaban J connectivity index is 1.75. The number of esters is 1. The zero-order valence-corrected chi connectivity index (χ0v) is 16.6. The van der Waals surface area contributed by atoms with Crippen LogP contribution in [0, 0.1) is 0 Å². The second-order valence-electron chi connectivity index (χ2n) is 6.34. The molecule has 8 heteroatoms. The SMILES string of the molecule is COC(=O)C(c1ccccc1Cl)N1CCN(C(=O)c2cccnc2OC)CC1. The van der Waals surface area contributed by atoms with Crippen molar-refractivity contribution in [3.05, 3.63) is 58.7 Å². The summed E-state index contributed by atoms with van der Waals surface area (Å²) in [6, 6.07) is 10.0. The van der Waals surface area contributed by atoms with Crippen LogP contribution in [0.3, 0.4) is 0 Å². The van der Waals surface area contributed by atoms with E-state index in [9.17, 15) is 9.59 Å². The van der Waals surface area contributed by atoms with Crippen molar-refractivity contribution in [3.8, 4) is 5.88 Å². The Kier molecular flexibility index (Phi) is 6.49. The molecule has 0 aliphatic carbocycles. The van der Waals surface area contributed by atoms with Gasteiger partial charge >= 0.3 is 5.97 Å². The van der Waals surface area contributed by atoms with E-state index in [0.717, 1.165) is 0 Å². The minimum atomic E-state index is -0.608. The summed E-state index contributed by atoms with van der Waals surface area (Å²) in [5, 5.41) is 0.511. The van der Waals surface area contributed by atoms with Crippen LogP contribution in [-0.2, 0) is 9.53 Å². The lowest BCUT2D eigenvalue weighted by Gasteiger charge is -2.38. The van der Waals surface area contributed by atoms with Gasteiger partial charge in [-0.15, -0.1) is 0 Å². The number of piperazine rings is 1. The number of nitrogens with zero attached hydrogens (tertiary/aromatic N) is 3. The first-order valence-electron chi connectivity index (χ1n) is 8.91. The lowest BCUT2D eigenvalue weighted by molar-refractivity contribution is -0.148. The minimum absolute atomic E-state index is 0.142. The normalized spacial score (nSPS) is 15.8. The molecule has 3 rings (SSSR count). The summed E-state index contributed by atoms with van der Waals surface area (Å²) >= 11 is 6.31. The number of pyridine rings is 1. The summed E-state index contributed by atoms with van der Waals surface area (Å²) < 4.78 is 10.2. The van der Waals surface area contributed by atoms with Crippen LogP contribution in [0.15, 0.2) is 42.6 Å². The fourth-order valence-electron chi connectivity index (χ4n) is 3.35. The van der Waals surface area contributed by atoms with Crippen LogP contribution in [-0.4, -0.2) is 67.1 Å². The first kappa shape index (κ1) is 20.1. The van der Waals surface area contributed by atoms with Crippen LogP contribution < -0.4 is 4.74 Å². The predicted molar refractivity (Wildman–Crippen MR) is 104 cm³/mol. The molecule has 1 saturated heterocycles. The smallest absolute Gasteiger partial charge is 0.327 e. The molecule has 1 aromatic carbocycles. The van der Waals surface area contributed by atoms with Gasteiger partial charge in [0.2, 0.25) is 5.88 Å². The second kappa shape index (κ2) is 9.03. The van der Waals surface area contributed by atoms with Crippen LogP contribution in [0.4, 0.5) is 0 Å². The van der Waals surface area contributed by atoms with Gasteiger partial charge in [-0.3, -0.25) is 9.69 Å². The van der Waals surface area contributed by atoms with Crippen molar-refractivity contribution >= 4 is 23.5 Å². The molecule has 1 aliphatic rings. The molecule has 7 nitrogen and oxygen atoms in total. The van der Waals surface area contributed by atoms with E-state index in [-0.39, 0.29) is 11.9 Å². The molecular formula is C20H22ClN3O4. The van der Waals surface area contributed by atoms with E-state index in [1.165, 1.54) is 14.2 Å². The highest BCUT2D eigenvalue weighted by Crippen LogP contribution is 2.30. The first-order valence-corrected chi connectivity index (χ1v) is 9.29. The molecule has 28 heavy (non-hydrogen) atoms. The third kappa shape index (κ3) is 4.10. The number of carbonyl (C=O) groups excluding carboxylic acids is 2. The summed E-state index contributed by atoms with van der Waals surface area (Å²) in [5.74, 6) is -0.211. The lowest BCUT2D eigenvalue weighted by Crippen LogP contribution is -2.51. The summed E-state index contributed by atoms with van der Waals surface area (Å²) in [6.45, 7) is 1.96. The fraction of sp³-hybridized carbons (Fsp3) is 0.350. The van der Waals surface area contributed by atoms with Crippen molar-refractivity contribution in [2.24, 2.45) is 0 Å². The molecule has 0 spiro atoms. The topological polar surface area (TPSA) is 72.0 Å². The molecule has 1 amide bonds. The Bertz CT molecular complexity index is 853. The largest absolute Gasteiger partial charge is 0.480 e. The maximum absolute atomic E-state index is 12.8. The molecule has 0 bridgehead atoms. The fourth-order valence-corrected chi connectivity index (χ4v) is 3.59. The van der Waals surface area contributed by atoms with Crippen LogP contribution in [0.1, 0.15) is 22.0 Å². The van der Waals surface area contributed by atoms with Gasteiger partial charge < -0.3 is 14.4 Å². The standard InChI is InChI=1S/C20H22ClN3O4/c1-27-18-15(7-5-9-22-18)19(25)24-12-10-23(11-13-24)17(20(26)28-2)14-6-3-4-8-16(14)21/h3-9,17H,10-13H2,1-2H3. The van der Waals surface area contributed by atoms with E-state index >= 15 is 0 Å². The number of benzene rings is 1. The van der Waals surface area contributed by atoms with Gasteiger partial charge in [0.1, 0.15) is 11.6 Å². The third-order valence-electron chi connectivity index (χ3n) is 4.79. The van der Waals surface area contributed by atoms with E-state index in [1.54, 1.807) is 29.3 Å². The quantitative estimate of drug-likeness (QED) is 0.714. The Hall–Kier alpha value is -2.64. The number of aromatic nitrogens is 1. The molecule has 2 heterocycles. The average Bonchev–Trinajstić information content (AvgIpc) is 2.75. The maximum atomic E-state index is 12.8. The van der Waals surface area contributed by atoms with E-state index < -0.39 is 6.04 Å². The summed E-state index contributed by atoms with van der Waals surface area (Å²) in [4.78, 5) is 33.1. The number of carbonyl (C=O) groups is 2. The molecule has 1 atom stereocenters. The first-order chi connectivity index (χ1) is 13.6. The average molecular weight is 404 g/mol. The van der Waals surface area contributed by atoms with Gasteiger partial charge in [0.25, 0.3) is 5.91 Å². The molecule has 2 aromatic rings. The highest BCUT2D eigenvalue weighted by atomic mass is 35.5. The van der Waals surface area contributed by atoms with Crippen molar-refractivity contribution in [2.75, 3.05) is 40.4 Å². The number of ether oxygens (including phenoxy) is 2. The van der Waals surface area contributed by atoms with Crippen LogP contribution in [0.5, 0.6) is 5.88 Å². The molecule has 0 N–H and O–H groups in total. The van der Waals surface area contributed by atoms with Gasteiger partial charge in [-0.2, -0.15) is 0 Å². The molecule has 0 saturated carbocycles. The lowest BCUT2D eigenvalue weighted by atomic mass is 10.0. The van der Waals surface area contributed by atoms with Crippen LogP contribution in [0.2, 0.25) is 5.02 Å². The van der Waals surface area contributed by atoms with E-state index in [2.05, 4.69) is 4.98 Å². The van der Waals surface area contributed by atoms with Gasteiger partial charge in [-0.25, -0.2) is 9.78 Å². The molecule has 1 unspecified atom stereocenters. The number of methoxy groups -OCH3 is 2. The predicted octanol–water partition coefficient (Wildman–Crippen LogP) is 2.42. The van der Waals surface area contributed by atoms with Crippen LogP contribution >= 0.6 is 11.6 Å². The number of halogens is 1. The molecule has 0 radical (unpaired) electrons. The Labute approximate surface area is 168 Å². The summed E-state index contributed by atoms with van der Waals surface area (Å²) in [6.07, 6.45) is 1.58. The van der Waals surface area contributed by atoms with Gasteiger partial charge in [-0.05, 0) is 23.8 Å². The summed E-state index contributed by atoms with van der Waals surface area (Å²) in [5.41, 5.74) is 1.12. The Morgan fingerprint density at radius 3 is 2.43 bits per heavy atom. The van der Waals surface area contributed by atoms with Crippen molar-refractivity contribution in [1.82, 2.24) is 14.8 Å². The van der Waals surface area contributed by atoms with Gasteiger partial charge in [-0.1, -0.05) is 29.8 Å². The third-order valence-corrected chi connectivity index (χ3v) is 5.13. The van der Waals surface area contributed by atoms with E-state index in [0.29, 0.717) is 48.2 Å². The molecule has 1 aliphatic heterocycles. The zero-order chi connectivity index (χ0) is 20.1. The molecule has 148 valence electrons.